The lowest BCUT2D eigenvalue weighted by Gasteiger charge is -2.34. The molecule has 2 aromatic heterocycles. The molecule has 0 bridgehead atoms. The largest absolute Gasteiger partial charge is 0.379 e. The van der Waals surface area contributed by atoms with E-state index in [9.17, 15) is 4.79 Å². The highest BCUT2D eigenvalue weighted by Crippen LogP contribution is 2.25. The van der Waals surface area contributed by atoms with Gasteiger partial charge in [0.2, 0.25) is 0 Å². The Hall–Kier alpha value is -1.80. The van der Waals surface area contributed by atoms with Crippen molar-refractivity contribution in [2.75, 3.05) is 32.8 Å². The van der Waals surface area contributed by atoms with Crippen LogP contribution >= 0.6 is 22.7 Å². The summed E-state index contributed by atoms with van der Waals surface area (Å²) in [4.78, 5) is 20.5. The Morgan fingerprint density at radius 3 is 2.96 bits per heavy atom. The summed E-state index contributed by atoms with van der Waals surface area (Å²) in [6.07, 6.45) is 0. The first-order valence-electron chi connectivity index (χ1n) is 8.28. The molecule has 4 rings (SSSR count). The Morgan fingerprint density at radius 1 is 1.28 bits per heavy atom. The molecule has 0 saturated carbocycles. The zero-order valence-corrected chi connectivity index (χ0v) is 15.3. The maximum atomic E-state index is 12.6. The van der Waals surface area contributed by atoms with Gasteiger partial charge < -0.3 is 10.1 Å². The van der Waals surface area contributed by atoms with E-state index in [1.165, 1.54) is 4.88 Å². The summed E-state index contributed by atoms with van der Waals surface area (Å²) in [5.74, 6) is -0.0369. The van der Waals surface area contributed by atoms with Gasteiger partial charge in [0.05, 0.1) is 35.0 Å². The van der Waals surface area contributed by atoms with Gasteiger partial charge in [-0.1, -0.05) is 6.07 Å². The first kappa shape index (κ1) is 16.7. The van der Waals surface area contributed by atoms with Crippen molar-refractivity contribution in [2.45, 2.75) is 6.04 Å². The van der Waals surface area contributed by atoms with E-state index in [1.54, 1.807) is 28.2 Å². The number of nitrogens with zero attached hydrogens (tertiary/aromatic N) is 2. The molecule has 130 valence electrons. The van der Waals surface area contributed by atoms with Crippen LogP contribution < -0.4 is 5.32 Å². The minimum atomic E-state index is -0.0369. The van der Waals surface area contributed by atoms with Gasteiger partial charge in [-0.15, -0.1) is 22.7 Å². The molecule has 1 N–H and O–H groups in total. The number of aromatic nitrogens is 1. The summed E-state index contributed by atoms with van der Waals surface area (Å²) in [7, 11) is 0. The zero-order valence-electron chi connectivity index (χ0n) is 13.7. The number of thiophene rings is 1. The fraction of sp³-hybridized carbons (Fsp3) is 0.333. The Bertz CT molecular complexity index is 841. The standard InChI is InChI=1S/C18H19N3O2S2/c22-18(13-3-4-14-17(10-13)25-12-20-14)19-11-15(16-2-1-9-24-16)21-5-7-23-8-6-21/h1-4,9-10,12,15H,5-8,11H2,(H,19,22)/t15-/m0/s1. The van der Waals surface area contributed by atoms with Crippen LogP contribution in [0.2, 0.25) is 0 Å². The second kappa shape index (κ2) is 7.61. The highest BCUT2D eigenvalue weighted by atomic mass is 32.1. The predicted octanol–water partition coefficient (Wildman–Crippen LogP) is 3.16. The molecule has 1 aliphatic heterocycles. The van der Waals surface area contributed by atoms with Crippen molar-refractivity contribution in [3.8, 4) is 0 Å². The molecule has 0 radical (unpaired) electrons. The number of benzene rings is 1. The average Bonchev–Trinajstić information content (AvgIpc) is 3.34. The molecule has 0 aliphatic carbocycles. The van der Waals surface area contributed by atoms with Crippen LogP contribution in [0, 0.1) is 0 Å². The van der Waals surface area contributed by atoms with Crippen LogP contribution in [-0.4, -0.2) is 48.6 Å². The van der Waals surface area contributed by atoms with E-state index in [0.29, 0.717) is 12.1 Å². The molecular formula is C18H19N3O2S2. The predicted molar refractivity (Wildman–Crippen MR) is 101 cm³/mol. The van der Waals surface area contributed by atoms with Crippen LogP contribution in [-0.2, 0) is 4.74 Å². The molecule has 1 atom stereocenters. The van der Waals surface area contributed by atoms with Crippen LogP contribution in [0.15, 0.2) is 41.2 Å². The molecule has 1 aliphatic rings. The van der Waals surface area contributed by atoms with Gasteiger partial charge >= 0.3 is 0 Å². The summed E-state index contributed by atoms with van der Waals surface area (Å²) in [6.45, 7) is 3.88. The molecule has 1 aromatic carbocycles. The van der Waals surface area contributed by atoms with Crippen molar-refractivity contribution in [1.29, 1.82) is 0 Å². The van der Waals surface area contributed by atoms with Gasteiger partial charge in [0, 0.05) is 30.1 Å². The minimum Gasteiger partial charge on any atom is -0.379 e. The first-order valence-corrected chi connectivity index (χ1v) is 10.0. The third kappa shape index (κ3) is 3.74. The first-order chi connectivity index (χ1) is 12.3. The topological polar surface area (TPSA) is 54.5 Å². The lowest BCUT2D eigenvalue weighted by Crippen LogP contribution is -2.43. The quantitative estimate of drug-likeness (QED) is 0.746. The fourth-order valence-electron chi connectivity index (χ4n) is 3.07. The number of nitrogens with one attached hydrogen (secondary N) is 1. The third-order valence-electron chi connectivity index (χ3n) is 4.41. The number of ether oxygens (including phenoxy) is 1. The van der Waals surface area contributed by atoms with E-state index in [4.69, 9.17) is 4.74 Å². The van der Waals surface area contributed by atoms with Crippen LogP contribution in [0.25, 0.3) is 10.2 Å². The van der Waals surface area contributed by atoms with Crippen LogP contribution in [0.1, 0.15) is 21.3 Å². The number of fused-ring (bicyclic) bond motifs is 1. The maximum absolute atomic E-state index is 12.6. The van der Waals surface area contributed by atoms with Crippen molar-refractivity contribution in [3.63, 3.8) is 0 Å². The Morgan fingerprint density at radius 2 is 2.16 bits per heavy atom. The summed E-state index contributed by atoms with van der Waals surface area (Å²) in [5, 5.41) is 5.20. The Kier molecular flexibility index (Phi) is 5.07. The highest BCUT2D eigenvalue weighted by molar-refractivity contribution is 7.16. The number of thiazole rings is 1. The molecular weight excluding hydrogens is 354 g/mol. The zero-order chi connectivity index (χ0) is 17.1. The Balaban J connectivity index is 1.47. The van der Waals surface area contributed by atoms with Gasteiger partial charge in [-0.3, -0.25) is 9.69 Å². The van der Waals surface area contributed by atoms with Crippen molar-refractivity contribution in [2.24, 2.45) is 0 Å². The lowest BCUT2D eigenvalue weighted by atomic mass is 10.1. The number of amides is 1. The molecule has 5 nitrogen and oxygen atoms in total. The normalized spacial score (nSPS) is 16.8. The average molecular weight is 374 g/mol. The van der Waals surface area contributed by atoms with Crippen molar-refractivity contribution < 1.29 is 9.53 Å². The summed E-state index contributed by atoms with van der Waals surface area (Å²) in [6, 6.07) is 10.1. The highest BCUT2D eigenvalue weighted by Gasteiger charge is 2.24. The molecule has 0 unspecified atom stereocenters. The van der Waals surface area contributed by atoms with Gasteiger partial charge in [-0.25, -0.2) is 4.98 Å². The van der Waals surface area contributed by atoms with Gasteiger partial charge in [0.1, 0.15) is 0 Å². The van der Waals surface area contributed by atoms with Gasteiger partial charge in [-0.2, -0.15) is 0 Å². The molecule has 1 fully saturated rings. The fourth-order valence-corrected chi connectivity index (χ4v) is 4.64. The molecule has 3 heterocycles. The van der Waals surface area contributed by atoms with E-state index in [1.807, 2.05) is 18.2 Å². The number of carbonyl (C=O) groups excluding carboxylic acids is 1. The van der Waals surface area contributed by atoms with E-state index >= 15 is 0 Å². The van der Waals surface area contributed by atoms with Crippen LogP contribution in [0.4, 0.5) is 0 Å². The molecule has 1 amide bonds. The molecule has 7 heteroatoms. The Labute approximate surface area is 154 Å². The van der Waals surface area contributed by atoms with Crippen LogP contribution in [0.3, 0.4) is 0 Å². The number of hydrogen-bond donors (Lipinski definition) is 1. The van der Waals surface area contributed by atoms with E-state index < -0.39 is 0 Å². The third-order valence-corrected chi connectivity index (χ3v) is 6.17. The van der Waals surface area contributed by atoms with E-state index in [-0.39, 0.29) is 11.9 Å². The van der Waals surface area contributed by atoms with Crippen molar-refractivity contribution in [3.05, 3.63) is 51.7 Å². The van der Waals surface area contributed by atoms with E-state index in [2.05, 4.69) is 32.7 Å². The van der Waals surface area contributed by atoms with E-state index in [0.717, 1.165) is 36.5 Å². The summed E-state index contributed by atoms with van der Waals surface area (Å²) in [5.41, 5.74) is 3.42. The monoisotopic (exact) mass is 373 g/mol. The van der Waals surface area contributed by atoms with Crippen molar-refractivity contribution >= 4 is 38.8 Å². The molecule has 25 heavy (non-hydrogen) atoms. The maximum Gasteiger partial charge on any atom is 0.251 e. The van der Waals surface area contributed by atoms with Crippen molar-refractivity contribution in [1.82, 2.24) is 15.2 Å². The molecule has 3 aromatic rings. The second-order valence-corrected chi connectivity index (χ2v) is 7.79. The SMILES string of the molecule is O=C(NC[C@@H](c1cccs1)N1CCOCC1)c1ccc2ncsc2c1. The summed E-state index contributed by atoms with van der Waals surface area (Å²) < 4.78 is 6.50. The van der Waals surface area contributed by atoms with Gasteiger partial charge in [0.25, 0.3) is 5.91 Å². The van der Waals surface area contributed by atoms with Gasteiger partial charge in [0.15, 0.2) is 0 Å². The minimum absolute atomic E-state index is 0.0369. The molecule has 0 spiro atoms. The van der Waals surface area contributed by atoms with Gasteiger partial charge in [-0.05, 0) is 29.6 Å². The smallest absolute Gasteiger partial charge is 0.251 e. The second-order valence-electron chi connectivity index (χ2n) is 5.92. The van der Waals surface area contributed by atoms with Crippen LogP contribution in [0.5, 0.6) is 0 Å². The molecule has 1 saturated heterocycles. The number of rotatable bonds is 5. The number of morpholine rings is 1. The summed E-state index contributed by atoms with van der Waals surface area (Å²) >= 11 is 3.29. The number of hydrogen-bond acceptors (Lipinski definition) is 6. The lowest BCUT2D eigenvalue weighted by molar-refractivity contribution is 0.0169. The number of carbonyl (C=O) groups is 1.